The van der Waals surface area contributed by atoms with Gasteiger partial charge in [0.25, 0.3) is 5.91 Å². The number of rotatable bonds is 10. The van der Waals surface area contributed by atoms with Crippen LogP contribution in [0.5, 0.6) is 17.2 Å². The van der Waals surface area contributed by atoms with Gasteiger partial charge in [0.2, 0.25) is 5.75 Å². The van der Waals surface area contributed by atoms with E-state index in [1.54, 1.807) is 12.1 Å². The number of hydrogen-bond acceptors (Lipinski definition) is 6. The molecule has 0 radical (unpaired) electrons. The first kappa shape index (κ1) is 27.8. The van der Waals surface area contributed by atoms with Crippen molar-refractivity contribution < 1.29 is 23.8 Å². The van der Waals surface area contributed by atoms with Crippen molar-refractivity contribution in [2.45, 2.75) is 19.0 Å². The Morgan fingerprint density at radius 1 is 0.897 bits per heavy atom. The maximum Gasteiger partial charge on any atom is 0.319 e. The first-order valence-electron chi connectivity index (χ1n) is 13.0. The van der Waals surface area contributed by atoms with Crippen molar-refractivity contribution in [2.24, 2.45) is 5.92 Å². The summed E-state index contributed by atoms with van der Waals surface area (Å²) in [7, 11) is 4.56. The van der Waals surface area contributed by atoms with Crippen molar-refractivity contribution in [3.05, 3.63) is 83.9 Å². The van der Waals surface area contributed by atoms with Crippen LogP contribution in [0.3, 0.4) is 0 Å². The average molecular weight is 533 g/mol. The largest absolute Gasteiger partial charge is 0.493 e. The second-order valence-electron chi connectivity index (χ2n) is 9.46. The predicted octanol–water partition coefficient (Wildman–Crippen LogP) is 4.15. The summed E-state index contributed by atoms with van der Waals surface area (Å²) in [5.41, 5.74) is 2.35. The Hall–Kier alpha value is -4.24. The third kappa shape index (κ3) is 7.42. The van der Waals surface area contributed by atoms with E-state index in [1.807, 2.05) is 48.5 Å². The van der Waals surface area contributed by atoms with E-state index in [4.69, 9.17) is 14.2 Å². The third-order valence-electron chi connectivity index (χ3n) is 6.87. The molecule has 0 saturated carbocycles. The molecule has 4 rings (SSSR count). The van der Waals surface area contributed by atoms with Gasteiger partial charge in [-0.25, -0.2) is 4.79 Å². The zero-order chi connectivity index (χ0) is 27.6. The summed E-state index contributed by atoms with van der Waals surface area (Å²) in [6.45, 7) is 2.76. The minimum absolute atomic E-state index is 0.00465. The number of methoxy groups -OCH3 is 3. The molecule has 39 heavy (non-hydrogen) atoms. The van der Waals surface area contributed by atoms with Gasteiger partial charge in [-0.05, 0) is 36.2 Å². The van der Waals surface area contributed by atoms with E-state index in [2.05, 4.69) is 33.0 Å². The molecule has 1 aliphatic rings. The molecule has 3 aromatic rings. The summed E-state index contributed by atoms with van der Waals surface area (Å²) in [4.78, 5) is 28.3. The standard InChI is InChI=1S/C30H36N4O5/c1-37-26-16-22(17-27(38-2)28(26)39-3)29(35)33-25-14-15-34(19-21-10-6-4-7-11-21)20-23(25)18-31-30(36)32-24-12-8-5-9-13-24/h4-13,16-17,23,25H,14-15,18-20H2,1-3H3,(H,33,35)(H2,31,32,36). The van der Waals surface area contributed by atoms with Gasteiger partial charge in [0.15, 0.2) is 11.5 Å². The van der Waals surface area contributed by atoms with Crippen LogP contribution in [-0.4, -0.2) is 63.8 Å². The number of likely N-dealkylation sites (tertiary alicyclic amines) is 1. The number of carbonyl (C=O) groups excluding carboxylic acids is 2. The molecule has 3 amide bonds. The van der Waals surface area contributed by atoms with E-state index in [-0.39, 0.29) is 23.9 Å². The summed E-state index contributed by atoms with van der Waals surface area (Å²) in [6.07, 6.45) is 0.746. The monoisotopic (exact) mass is 532 g/mol. The van der Waals surface area contributed by atoms with Crippen molar-refractivity contribution >= 4 is 17.6 Å². The molecule has 3 N–H and O–H groups in total. The van der Waals surface area contributed by atoms with Gasteiger partial charge in [-0.1, -0.05) is 48.5 Å². The first-order chi connectivity index (χ1) is 19.0. The molecule has 0 bridgehead atoms. The maximum absolute atomic E-state index is 13.4. The molecule has 1 aliphatic heterocycles. The summed E-state index contributed by atoms with van der Waals surface area (Å²) in [5.74, 6) is 1.01. The van der Waals surface area contributed by atoms with Gasteiger partial charge in [0, 0.05) is 49.4 Å². The molecule has 9 nitrogen and oxygen atoms in total. The van der Waals surface area contributed by atoms with Gasteiger partial charge in [0.05, 0.1) is 21.3 Å². The first-order valence-corrected chi connectivity index (χ1v) is 13.0. The zero-order valence-corrected chi connectivity index (χ0v) is 22.6. The van der Waals surface area contributed by atoms with Crippen molar-refractivity contribution in [1.29, 1.82) is 0 Å². The van der Waals surface area contributed by atoms with Crippen LogP contribution in [0.1, 0.15) is 22.3 Å². The Labute approximate surface area is 229 Å². The van der Waals surface area contributed by atoms with Gasteiger partial charge in [-0.15, -0.1) is 0 Å². The zero-order valence-electron chi connectivity index (χ0n) is 22.6. The van der Waals surface area contributed by atoms with E-state index in [9.17, 15) is 9.59 Å². The number of para-hydroxylation sites is 1. The molecule has 206 valence electrons. The normalized spacial score (nSPS) is 17.1. The summed E-state index contributed by atoms with van der Waals surface area (Å²) < 4.78 is 16.2. The number of piperidine rings is 1. The highest BCUT2D eigenvalue weighted by molar-refractivity contribution is 5.96. The van der Waals surface area contributed by atoms with E-state index in [0.29, 0.717) is 29.4 Å². The van der Waals surface area contributed by atoms with Crippen LogP contribution in [-0.2, 0) is 6.54 Å². The number of nitrogens with zero attached hydrogens (tertiary/aromatic N) is 1. The highest BCUT2D eigenvalue weighted by Gasteiger charge is 2.31. The second-order valence-corrected chi connectivity index (χ2v) is 9.46. The van der Waals surface area contributed by atoms with Gasteiger partial charge >= 0.3 is 6.03 Å². The lowest BCUT2D eigenvalue weighted by atomic mass is 9.91. The quantitative estimate of drug-likeness (QED) is 0.363. The molecule has 1 saturated heterocycles. The van der Waals surface area contributed by atoms with Crippen LogP contribution in [0.25, 0.3) is 0 Å². The molecule has 9 heteroatoms. The number of carbonyl (C=O) groups is 2. The van der Waals surface area contributed by atoms with Crippen LogP contribution in [0, 0.1) is 5.92 Å². The van der Waals surface area contributed by atoms with Gasteiger partial charge < -0.3 is 30.2 Å². The molecule has 0 aromatic heterocycles. The minimum Gasteiger partial charge on any atom is -0.493 e. The van der Waals surface area contributed by atoms with Crippen LogP contribution in [0.2, 0.25) is 0 Å². The average Bonchev–Trinajstić information content (AvgIpc) is 2.97. The van der Waals surface area contributed by atoms with Crippen molar-refractivity contribution in [3.8, 4) is 17.2 Å². The number of nitrogens with one attached hydrogen (secondary N) is 3. The molecule has 2 unspecified atom stereocenters. The molecule has 0 aliphatic carbocycles. The number of anilines is 1. The molecule has 3 aromatic carbocycles. The van der Waals surface area contributed by atoms with Gasteiger partial charge in [0.1, 0.15) is 0 Å². The van der Waals surface area contributed by atoms with Crippen molar-refractivity contribution in [3.63, 3.8) is 0 Å². The molecular formula is C30H36N4O5. The van der Waals surface area contributed by atoms with Crippen LogP contribution in [0.4, 0.5) is 10.5 Å². The summed E-state index contributed by atoms with van der Waals surface area (Å²) in [6, 6.07) is 22.5. The SMILES string of the molecule is COc1cc(C(=O)NC2CCN(Cc3ccccc3)CC2CNC(=O)Nc2ccccc2)cc(OC)c1OC. The lowest BCUT2D eigenvalue weighted by molar-refractivity contribution is 0.0846. The topological polar surface area (TPSA) is 101 Å². The van der Waals surface area contributed by atoms with Crippen LogP contribution >= 0.6 is 0 Å². The highest BCUT2D eigenvalue weighted by atomic mass is 16.5. The number of benzene rings is 3. The van der Waals surface area contributed by atoms with E-state index < -0.39 is 0 Å². The maximum atomic E-state index is 13.4. The number of urea groups is 1. The van der Waals surface area contributed by atoms with E-state index >= 15 is 0 Å². The third-order valence-corrected chi connectivity index (χ3v) is 6.87. The lowest BCUT2D eigenvalue weighted by Crippen LogP contribution is -2.54. The smallest absolute Gasteiger partial charge is 0.319 e. The molecule has 1 fully saturated rings. The summed E-state index contributed by atoms with van der Waals surface area (Å²) in [5, 5.41) is 9.05. The van der Waals surface area contributed by atoms with Crippen LogP contribution in [0.15, 0.2) is 72.8 Å². The fraction of sp³-hybridized carbons (Fsp3) is 0.333. The van der Waals surface area contributed by atoms with Crippen molar-refractivity contribution in [2.75, 3.05) is 46.3 Å². The number of hydrogen-bond donors (Lipinski definition) is 3. The fourth-order valence-electron chi connectivity index (χ4n) is 4.87. The Kier molecular flexibility index (Phi) is 9.64. The Morgan fingerprint density at radius 3 is 2.15 bits per heavy atom. The second kappa shape index (κ2) is 13.5. The van der Waals surface area contributed by atoms with Crippen LogP contribution < -0.4 is 30.2 Å². The minimum atomic E-state index is -0.281. The van der Waals surface area contributed by atoms with E-state index in [0.717, 1.165) is 31.7 Å². The Balaban J connectivity index is 1.47. The molecule has 1 heterocycles. The lowest BCUT2D eigenvalue weighted by Gasteiger charge is -2.39. The molecule has 0 spiro atoms. The van der Waals surface area contributed by atoms with E-state index in [1.165, 1.54) is 26.9 Å². The molecular weight excluding hydrogens is 496 g/mol. The van der Waals surface area contributed by atoms with Gasteiger partial charge in [-0.2, -0.15) is 0 Å². The Bertz CT molecular complexity index is 1210. The number of ether oxygens (including phenoxy) is 3. The fourth-order valence-corrected chi connectivity index (χ4v) is 4.87. The highest BCUT2D eigenvalue weighted by Crippen LogP contribution is 2.38. The van der Waals surface area contributed by atoms with Gasteiger partial charge in [-0.3, -0.25) is 9.69 Å². The predicted molar refractivity (Wildman–Crippen MR) is 151 cm³/mol. The molecule has 2 atom stereocenters. The van der Waals surface area contributed by atoms with Crippen molar-refractivity contribution in [1.82, 2.24) is 15.5 Å². The number of amides is 3. The summed E-state index contributed by atoms with van der Waals surface area (Å²) >= 11 is 0. The Morgan fingerprint density at radius 2 is 1.54 bits per heavy atom.